The zero-order valence-electron chi connectivity index (χ0n) is 23.0. The number of para-hydroxylation sites is 1. The lowest BCUT2D eigenvalue weighted by molar-refractivity contribution is -0.113. The summed E-state index contributed by atoms with van der Waals surface area (Å²) >= 11 is 2.77. The Hall–Kier alpha value is -4.80. The average molecular weight is 595 g/mol. The van der Waals surface area contributed by atoms with Crippen molar-refractivity contribution in [3.05, 3.63) is 137 Å². The smallest absolute Gasteiger partial charge is 0.335 e. The largest absolute Gasteiger partial charge is 0.478 e. The summed E-state index contributed by atoms with van der Waals surface area (Å²) < 4.78 is 4.08. The number of hydrogen-bond donors (Lipinski definition) is 2. The van der Waals surface area contributed by atoms with E-state index in [1.807, 2.05) is 84.5 Å². The number of anilines is 1. The third kappa shape index (κ3) is 4.84. The number of aromatic nitrogens is 2. The molecule has 0 spiro atoms. The Labute approximate surface area is 248 Å². The second-order valence-corrected chi connectivity index (χ2v) is 11.9. The number of benzene rings is 2. The molecule has 5 aromatic rings. The van der Waals surface area contributed by atoms with Crippen molar-refractivity contribution >= 4 is 46.3 Å². The molecule has 0 radical (unpaired) electrons. The van der Waals surface area contributed by atoms with E-state index < -0.39 is 12.0 Å². The van der Waals surface area contributed by atoms with E-state index in [1.54, 1.807) is 29.7 Å². The van der Waals surface area contributed by atoms with Crippen LogP contribution in [0.1, 0.15) is 45.2 Å². The highest BCUT2D eigenvalue weighted by Crippen LogP contribution is 2.33. The zero-order chi connectivity index (χ0) is 29.5. The van der Waals surface area contributed by atoms with Gasteiger partial charge in [0.15, 0.2) is 4.80 Å². The van der Waals surface area contributed by atoms with Crippen molar-refractivity contribution in [2.45, 2.75) is 26.8 Å². The number of thiazole rings is 1. The number of aromatic carboxylic acids is 1. The lowest BCUT2D eigenvalue weighted by atomic mass is 10.0. The van der Waals surface area contributed by atoms with Gasteiger partial charge in [0.05, 0.1) is 21.4 Å². The molecule has 42 heavy (non-hydrogen) atoms. The number of allylic oxidation sites excluding steroid dienone is 1. The summed E-state index contributed by atoms with van der Waals surface area (Å²) in [5.74, 6) is -1.30. The number of carboxylic acids is 1. The van der Waals surface area contributed by atoms with Gasteiger partial charge in [-0.05, 0) is 80.3 Å². The maximum absolute atomic E-state index is 14.0. The number of aryl methyl sites for hydroxylation is 1. The van der Waals surface area contributed by atoms with Crippen molar-refractivity contribution < 1.29 is 14.7 Å². The van der Waals surface area contributed by atoms with Crippen LogP contribution in [0.4, 0.5) is 5.69 Å². The van der Waals surface area contributed by atoms with E-state index in [-0.39, 0.29) is 17.0 Å². The molecule has 1 aliphatic heterocycles. The van der Waals surface area contributed by atoms with Gasteiger partial charge in [0, 0.05) is 27.6 Å². The van der Waals surface area contributed by atoms with Gasteiger partial charge in [-0.15, -0.1) is 11.3 Å². The number of carbonyl (C=O) groups excluding carboxylic acids is 1. The first-order chi connectivity index (χ1) is 20.2. The van der Waals surface area contributed by atoms with E-state index in [2.05, 4.69) is 5.32 Å². The minimum Gasteiger partial charge on any atom is -0.478 e. The number of thiophene rings is 1. The fourth-order valence-electron chi connectivity index (χ4n) is 5.30. The molecule has 1 aliphatic rings. The molecule has 0 saturated carbocycles. The van der Waals surface area contributed by atoms with Gasteiger partial charge < -0.3 is 15.0 Å². The molecule has 210 valence electrons. The fraction of sp³-hybridized carbons (Fsp3) is 0.125. The zero-order valence-corrected chi connectivity index (χ0v) is 24.6. The Bertz CT molecular complexity index is 2070. The van der Waals surface area contributed by atoms with E-state index in [0.717, 1.165) is 27.5 Å². The first-order valence-corrected chi connectivity index (χ1v) is 14.9. The lowest BCUT2D eigenvalue weighted by Gasteiger charge is -2.24. The number of carbonyl (C=O) groups is 2. The molecule has 0 bridgehead atoms. The van der Waals surface area contributed by atoms with Gasteiger partial charge in [-0.2, -0.15) is 0 Å². The molecule has 2 N–H and O–H groups in total. The van der Waals surface area contributed by atoms with Crippen LogP contribution in [-0.4, -0.2) is 26.1 Å². The molecule has 0 fully saturated rings. The molecule has 0 unspecified atom stereocenters. The Morgan fingerprint density at radius 3 is 2.50 bits per heavy atom. The molecule has 10 heteroatoms. The van der Waals surface area contributed by atoms with Gasteiger partial charge >= 0.3 is 5.97 Å². The highest BCUT2D eigenvalue weighted by Gasteiger charge is 2.33. The predicted octanol–water partition coefficient (Wildman–Crippen LogP) is 5.04. The van der Waals surface area contributed by atoms with Crippen LogP contribution in [0, 0.1) is 13.8 Å². The number of hydrogen-bond acceptors (Lipinski definition) is 6. The van der Waals surface area contributed by atoms with E-state index in [4.69, 9.17) is 4.99 Å². The second kappa shape index (κ2) is 10.9. The molecule has 3 aromatic heterocycles. The molecule has 0 aliphatic carbocycles. The van der Waals surface area contributed by atoms with Gasteiger partial charge in [0.25, 0.3) is 11.5 Å². The van der Waals surface area contributed by atoms with E-state index in [9.17, 15) is 19.5 Å². The minimum atomic E-state index is -0.993. The van der Waals surface area contributed by atoms with Gasteiger partial charge in [0.2, 0.25) is 0 Å². The van der Waals surface area contributed by atoms with Crippen molar-refractivity contribution in [1.29, 1.82) is 0 Å². The van der Waals surface area contributed by atoms with Crippen LogP contribution in [0.5, 0.6) is 0 Å². The minimum absolute atomic E-state index is 0.200. The molecule has 8 nitrogen and oxygen atoms in total. The summed E-state index contributed by atoms with van der Waals surface area (Å²) in [6.45, 7) is 5.68. The van der Waals surface area contributed by atoms with Crippen LogP contribution in [0.25, 0.3) is 11.8 Å². The second-order valence-electron chi connectivity index (χ2n) is 9.93. The molecule has 4 heterocycles. The van der Waals surface area contributed by atoms with Crippen LogP contribution >= 0.6 is 22.7 Å². The first-order valence-electron chi connectivity index (χ1n) is 13.2. The third-order valence-electron chi connectivity index (χ3n) is 7.22. The van der Waals surface area contributed by atoms with Crippen LogP contribution in [0.15, 0.2) is 99.2 Å². The number of rotatable bonds is 6. The van der Waals surface area contributed by atoms with E-state index in [0.29, 0.717) is 26.3 Å². The summed E-state index contributed by atoms with van der Waals surface area (Å²) in [7, 11) is 0. The summed E-state index contributed by atoms with van der Waals surface area (Å²) in [5.41, 5.74) is 4.96. The van der Waals surface area contributed by atoms with Gasteiger partial charge in [-0.3, -0.25) is 14.2 Å². The average Bonchev–Trinajstić information content (AvgIpc) is 3.67. The van der Waals surface area contributed by atoms with Crippen LogP contribution in [-0.2, 0) is 4.79 Å². The van der Waals surface area contributed by atoms with Crippen molar-refractivity contribution in [3.63, 3.8) is 0 Å². The maximum atomic E-state index is 14.0. The molecule has 1 amide bonds. The van der Waals surface area contributed by atoms with Crippen molar-refractivity contribution in [2.24, 2.45) is 4.99 Å². The standard InChI is InChI=1S/C32H26N4O4S2/c1-18-15-22(20(3)35(18)24-12-7-9-21(16-24)31(39)40)17-26-30(38)36-28(25-13-8-14-41-25)27(19(2)33-32(36)42-26)29(37)34-23-10-5-4-6-11-23/h4-17,28H,1-3H3,(H,34,37)(H,39,40)/b26-17-/t28-/m1/s1. The highest BCUT2D eigenvalue weighted by molar-refractivity contribution is 7.10. The Morgan fingerprint density at radius 1 is 1.00 bits per heavy atom. The fourth-order valence-corrected chi connectivity index (χ4v) is 7.16. The molecule has 1 atom stereocenters. The predicted molar refractivity (Wildman–Crippen MR) is 165 cm³/mol. The SMILES string of the molecule is CC1=C(C(=O)Nc2ccccc2)[C@@H](c2cccs2)n2c(s/c(=C\c3cc(C)n(-c4cccc(C(=O)O)c4)c3C)c2=O)=N1. The lowest BCUT2D eigenvalue weighted by Crippen LogP contribution is -2.40. The monoisotopic (exact) mass is 594 g/mol. The number of amides is 1. The van der Waals surface area contributed by atoms with E-state index >= 15 is 0 Å². The number of nitrogens with zero attached hydrogens (tertiary/aromatic N) is 3. The first kappa shape index (κ1) is 27.4. The Kier molecular flexibility index (Phi) is 7.09. The van der Waals surface area contributed by atoms with Crippen molar-refractivity contribution in [2.75, 3.05) is 5.32 Å². The third-order valence-corrected chi connectivity index (χ3v) is 9.13. The van der Waals surface area contributed by atoms with Crippen molar-refractivity contribution in [3.8, 4) is 5.69 Å². The van der Waals surface area contributed by atoms with Crippen LogP contribution in [0.2, 0.25) is 0 Å². The molecule has 2 aromatic carbocycles. The summed E-state index contributed by atoms with van der Waals surface area (Å²) in [6, 6.07) is 21.2. The Balaban J connectivity index is 1.46. The molecular formula is C32H26N4O4S2. The quantitative estimate of drug-likeness (QED) is 0.287. The molecule has 0 saturated heterocycles. The van der Waals surface area contributed by atoms with Gasteiger partial charge in [-0.1, -0.05) is 41.7 Å². The number of carboxylic acid groups (broad SMARTS) is 1. The normalized spacial score (nSPS) is 14.9. The summed E-state index contributed by atoms with van der Waals surface area (Å²) in [5, 5.41) is 14.3. The Morgan fingerprint density at radius 2 is 1.79 bits per heavy atom. The number of fused-ring (bicyclic) bond motifs is 1. The van der Waals surface area contributed by atoms with Crippen LogP contribution < -0.4 is 20.2 Å². The van der Waals surface area contributed by atoms with Gasteiger partial charge in [0.1, 0.15) is 6.04 Å². The molecule has 6 rings (SSSR count). The van der Waals surface area contributed by atoms with Gasteiger partial charge in [-0.25, -0.2) is 9.79 Å². The maximum Gasteiger partial charge on any atom is 0.335 e. The highest BCUT2D eigenvalue weighted by atomic mass is 32.1. The van der Waals surface area contributed by atoms with Crippen LogP contribution in [0.3, 0.4) is 0 Å². The molecular weight excluding hydrogens is 569 g/mol. The summed E-state index contributed by atoms with van der Waals surface area (Å²) in [4.78, 5) is 45.3. The number of nitrogens with one attached hydrogen (secondary N) is 1. The topological polar surface area (TPSA) is 106 Å². The van der Waals surface area contributed by atoms with Crippen molar-refractivity contribution in [1.82, 2.24) is 9.13 Å². The summed E-state index contributed by atoms with van der Waals surface area (Å²) in [6.07, 6.45) is 1.85. The van der Waals surface area contributed by atoms with E-state index in [1.165, 1.54) is 22.7 Å².